The highest BCUT2D eigenvalue weighted by Gasteiger charge is 2.29. The van der Waals surface area contributed by atoms with Crippen LogP contribution in [0.4, 0.5) is 0 Å². The monoisotopic (exact) mass is 620 g/mol. The lowest BCUT2D eigenvalue weighted by Crippen LogP contribution is -2.23. The van der Waals surface area contributed by atoms with Crippen molar-refractivity contribution in [1.82, 2.24) is 4.90 Å². The molecule has 1 fully saturated rings. The summed E-state index contributed by atoms with van der Waals surface area (Å²) < 4.78 is 13.7. The minimum Gasteiger partial charge on any atom is -0.493 e. The minimum absolute atomic E-state index is 0.0568. The summed E-state index contributed by atoms with van der Waals surface area (Å²) in [6.45, 7) is 0.458. The van der Waals surface area contributed by atoms with Crippen LogP contribution in [0.3, 0.4) is 0 Å². The molecule has 8 heteroatoms. The maximum Gasteiger partial charge on any atom is 0.266 e. The number of carbonyl (C=O) groups excluding carboxylic acids is 1. The molecule has 0 N–H and O–H groups in total. The number of hydrogen-bond acceptors (Lipinski definition) is 5. The van der Waals surface area contributed by atoms with Crippen molar-refractivity contribution in [1.29, 1.82) is 0 Å². The number of amidine groups is 1. The Morgan fingerprint density at radius 2 is 1.93 bits per heavy atom. The quantitative estimate of drug-likeness (QED) is 0.349. The first-order chi connectivity index (χ1) is 13.4. The molecule has 2 aromatic carbocycles. The first kappa shape index (κ1) is 21.4. The lowest BCUT2D eigenvalue weighted by atomic mass is 10.1. The van der Waals surface area contributed by atoms with Gasteiger partial charge in [-0.3, -0.25) is 14.7 Å². The van der Waals surface area contributed by atoms with Crippen molar-refractivity contribution in [3.05, 3.63) is 59.6 Å². The fourth-order valence-corrected chi connectivity index (χ4v) is 4.67. The van der Waals surface area contributed by atoms with Crippen LogP contribution in [-0.2, 0) is 11.4 Å². The average molecular weight is 620 g/mol. The molecule has 1 saturated heterocycles. The van der Waals surface area contributed by atoms with Crippen molar-refractivity contribution in [2.45, 2.75) is 6.61 Å². The molecule has 28 heavy (non-hydrogen) atoms. The molecule has 0 saturated carbocycles. The Morgan fingerprint density at radius 1 is 1.21 bits per heavy atom. The minimum atomic E-state index is -0.0568. The van der Waals surface area contributed by atoms with E-state index in [0.717, 1.165) is 14.7 Å². The largest absolute Gasteiger partial charge is 0.493 e. The van der Waals surface area contributed by atoms with Crippen molar-refractivity contribution >= 4 is 74.1 Å². The molecular weight excluding hydrogens is 602 g/mol. The highest BCUT2D eigenvalue weighted by molar-refractivity contribution is 14.1. The van der Waals surface area contributed by atoms with Crippen LogP contribution < -0.4 is 9.47 Å². The molecular formula is C20H18I2N2O3S. The van der Waals surface area contributed by atoms with E-state index in [4.69, 9.17) is 9.47 Å². The van der Waals surface area contributed by atoms with Gasteiger partial charge in [0.15, 0.2) is 16.7 Å². The van der Waals surface area contributed by atoms with Crippen LogP contribution in [0.1, 0.15) is 11.1 Å². The lowest BCUT2D eigenvalue weighted by molar-refractivity contribution is -0.121. The number of methoxy groups -OCH3 is 1. The van der Waals surface area contributed by atoms with Crippen molar-refractivity contribution in [2.24, 2.45) is 4.99 Å². The van der Waals surface area contributed by atoms with Crippen LogP contribution in [0.25, 0.3) is 6.08 Å². The normalized spacial score (nSPS) is 16.9. The fourth-order valence-electron chi connectivity index (χ4n) is 2.60. The SMILES string of the molecule is CN=C1S/C(=C\c2cc(I)c(OCc3ccc(I)cc3)c(OC)c2)C(=O)N1C. The zero-order valence-corrected chi connectivity index (χ0v) is 20.7. The van der Waals surface area contributed by atoms with Gasteiger partial charge in [-0.2, -0.15) is 0 Å². The number of carbonyl (C=O) groups is 1. The molecule has 1 heterocycles. The number of hydrogen-bond donors (Lipinski definition) is 0. The Bertz CT molecular complexity index is 959. The van der Waals surface area contributed by atoms with Gasteiger partial charge in [0, 0.05) is 17.7 Å². The van der Waals surface area contributed by atoms with Gasteiger partial charge < -0.3 is 9.47 Å². The summed E-state index contributed by atoms with van der Waals surface area (Å²) in [5.41, 5.74) is 1.97. The Labute approximate surface area is 195 Å². The molecule has 0 bridgehead atoms. The number of amides is 1. The van der Waals surface area contributed by atoms with Gasteiger partial charge in [0.25, 0.3) is 5.91 Å². The zero-order chi connectivity index (χ0) is 20.3. The van der Waals surface area contributed by atoms with E-state index in [-0.39, 0.29) is 5.91 Å². The highest BCUT2D eigenvalue weighted by Crippen LogP contribution is 2.37. The number of benzene rings is 2. The first-order valence-corrected chi connectivity index (χ1v) is 11.3. The number of halogens is 2. The molecule has 0 atom stereocenters. The third-order valence-corrected chi connectivity index (χ3v) is 6.71. The summed E-state index contributed by atoms with van der Waals surface area (Å²) in [7, 11) is 5.02. The molecule has 0 aromatic heterocycles. The second-order valence-corrected chi connectivity index (χ2v) is 9.35. The van der Waals surface area contributed by atoms with Gasteiger partial charge in [-0.05, 0) is 98.4 Å². The van der Waals surface area contributed by atoms with E-state index < -0.39 is 0 Å². The Kier molecular flexibility index (Phi) is 7.26. The molecule has 0 unspecified atom stereocenters. The van der Waals surface area contributed by atoms with E-state index in [9.17, 15) is 4.79 Å². The molecule has 0 radical (unpaired) electrons. The smallest absolute Gasteiger partial charge is 0.266 e. The van der Waals surface area contributed by atoms with Crippen molar-refractivity contribution < 1.29 is 14.3 Å². The second kappa shape index (κ2) is 9.49. The summed E-state index contributed by atoms with van der Waals surface area (Å²) >= 11 is 5.87. The fraction of sp³-hybridized carbons (Fsp3) is 0.200. The van der Waals surface area contributed by atoms with Gasteiger partial charge in [0.2, 0.25) is 0 Å². The third kappa shape index (κ3) is 4.82. The summed E-state index contributed by atoms with van der Waals surface area (Å²) in [4.78, 5) is 18.7. The molecule has 1 amide bonds. The third-order valence-electron chi connectivity index (χ3n) is 4.04. The van der Waals surface area contributed by atoms with E-state index in [1.165, 1.54) is 15.3 Å². The summed E-state index contributed by atoms with van der Waals surface area (Å²) in [5.74, 6) is 1.28. The average Bonchev–Trinajstić information content (AvgIpc) is 2.96. The van der Waals surface area contributed by atoms with Crippen LogP contribution in [0.2, 0.25) is 0 Å². The molecule has 5 nitrogen and oxygen atoms in total. The lowest BCUT2D eigenvalue weighted by Gasteiger charge is -2.14. The van der Waals surface area contributed by atoms with E-state index >= 15 is 0 Å². The van der Waals surface area contributed by atoms with E-state index in [1.807, 2.05) is 30.3 Å². The number of likely N-dealkylation sites (N-methyl/N-ethyl adjacent to an activating group) is 1. The summed E-state index contributed by atoms with van der Waals surface area (Å²) in [6.07, 6.45) is 1.86. The van der Waals surface area contributed by atoms with Gasteiger partial charge in [-0.25, -0.2) is 0 Å². The number of ether oxygens (including phenoxy) is 2. The molecule has 146 valence electrons. The number of nitrogens with zero attached hydrogens (tertiary/aromatic N) is 2. The van der Waals surface area contributed by atoms with Gasteiger partial charge >= 0.3 is 0 Å². The van der Waals surface area contributed by atoms with Crippen molar-refractivity contribution in [3.63, 3.8) is 0 Å². The summed E-state index contributed by atoms with van der Waals surface area (Å²) in [6, 6.07) is 12.1. The van der Waals surface area contributed by atoms with Gasteiger partial charge in [-0.1, -0.05) is 12.1 Å². The van der Waals surface area contributed by atoms with E-state index in [1.54, 1.807) is 26.1 Å². The molecule has 0 spiro atoms. The van der Waals surface area contributed by atoms with E-state index in [0.29, 0.717) is 28.2 Å². The van der Waals surface area contributed by atoms with Crippen molar-refractivity contribution in [3.8, 4) is 11.5 Å². The maximum absolute atomic E-state index is 12.4. The first-order valence-electron chi connectivity index (χ1n) is 8.32. The van der Waals surface area contributed by atoms with Gasteiger partial charge in [-0.15, -0.1) is 0 Å². The Balaban J connectivity index is 1.84. The molecule has 2 aromatic rings. The van der Waals surface area contributed by atoms with Crippen molar-refractivity contribution in [2.75, 3.05) is 21.2 Å². The zero-order valence-electron chi connectivity index (χ0n) is 15.5. The predicted octanol–water partition coefficient (Wildman–Crippen LogP) is 5.02. The van der Waals surface area contributed by atoms with Crippen LogP contribution in [0, 0.1) is 7.14 Å². The predicted molar refractivity (Wildman–Crippen MR) is 131 cm³/mol. The number of aliphatic imine (C=N–C) groups is 1. The van der Waals surface area contributed by atoms with Crippen LogP contribution >= 0.6 is 56.9 Å². The van der Waals surface area contributed by atoms with Crippen LogP contribution in [0.15, 0.2) is 46.3 Å². The van der Waals surface area contributed by atoms with E-state index in [2.05, 4.69) is 62.3 Å². The number of rotatable bonds is 5. The van der Waals surface area contributed by atoms with Crippen LogP contribution in [0.5, 0.6) is 11.5 Å². The Hall–Kier alpha value is -1.27. The topological polar surface area (TPSA) is 51.1 Å². The molecule has 1 aliphatic rings. The standard InChI is InChI=1S/C20H18I2N2O3S/c1-23-20-24(2)19(25)17(28-20)10-13-8-15(22)18(16(9-13)26-3)27-11-12-4-6-14(21)7-5-12/h4-10H,11H2,1-3H3/b17-10-,23-20?. The highest BCUT2D eigenvalue weighted by atomic mass is 127. The molecule has 1 aliphatic heterocycles. The molecule has 0 aliphatic carbocycles. The van der Waals surface area contributed by atoms with Gasteiger partial charge in [0.1, 0.15) is 6.61 Å². The molecule has 3 rings (SSSR count). The Morgan fingerprint density at radius 3 is 2.54 bits per heavy atom. The maximum atomic E-state index is 12.4. The second-order valence-electron chi connectivity index (χ2n) is 5.93. The number of thioether (sulfide) groups is 1. The van der Waals surface area contributed by atoms with Gasteiger partial charge in [0.05, 0.1) is 15.6 Å². The van der Waals surface area contributed by atoms with Crippen LogP contribution in [-0.4, -0.2) is 37.2 Å². The summed E-state index contributed by atoms with van der Waals surface area (Å²) in [5, 5.41) is 0.690.